The van der Waals surface area contributed by atoms with Gasteiger partial charge in [0.2, 0.25) is 0 Å². The number of fused-ring (bicyclic) bond motifs is 1. The number of hydrogen-bond acceptors (Lipinski definition) is 4. The van der Waals surface area contributed by atoms with Crippen molar-refractivity contribution in [3.8, 4) is 11.3 Å². The summed E-state index contributed by atoms with van der Waals surface area (Å²) in [6.45, 7) is -0.401. The quantitative estimate of drug-likeness (QED) is 0.339. The van der Waals surface area contributed by atoms with Crippen molar-refractivity contribution in [3.05, 3.63) is 93.9 Å². The van der Waals surface area contributed by atoms with E-state index >= 15 is 0 Å². The molecule has 0 radical (unpaired) electrons. The van der Waals surface area contributed by atoms with Gasteiger partial charge in [0.1, 0.15) is 0 Å². The van der Waals surface area contributed by atoms with Crippen LogP contribution < -0.4 is 5.32 Å². The summed E-state index contributed by atoms with van der Waals surface area (Å²) in [6.07, 6.45) is 0. The van der Waals surface area contributed by atoms with Crippen molar-refractivity contribution in [3.63, 3.8) is 0 Å². The topological polar surface area (TPSA) is 68.3 Å². The van der Waals surface area contributed by atoms with Gasteiger partial charge in [-0.25, -0.2) is 9.78 Å². The molecule has 1 heterocycles. The summed E-state index contributed by atoms with van der Waals surface area (Å²) >= 11 is 9.32. The number of benzene rings is 3. The van der Waals surface area contributed by atoms with Crippen LogP contribution in [0.4, 0.5) is 5.69 Å². The molecule has 0 unspecified atom stereocenters. The van der Waals surface area contributed by atoms with Gasteiger partial charge in [0.25, 0.3) is 5.91 Å². The number of nitrogens with one attached hydrogen (secondary N) is 1. The van der Waals surface area contributed by atoms with E-state index in [0.29, 0.717) is 32.9 Å². The third kappa shape index (κ3) is 5.10. The highest BCUT2D eigenvalue weighted by molar-refractivity contribution is 9.10. The minimum Gasteiger partial charge on any atom is -0.452 e. The first-order valence-electron chi connectivity index (χ1n) is 9.38. The second-order valence-corrected chi connectivity index (χ2v) is 8.06. The Morgan fingerprint density at radius 2 is 1.68 bits per heavy atom. The van der Waals surface area contributed by atoms with Crippen molar-refractivity contribution in [2.24, 2.45) is 0 Å². The highest BCUT2D eigenvalue weighted by Crippen LogP contribution is 2.26. The van der Waals surface area contributed by atoms with Gasteiger partial charge in [-0.2, -0.15) is 0 Å². The Labute approximate surface area is 192 Å². The molecular formula is C24H16BrClN2O3. The Bertz CT molecular complexity index is 1260. The van der Waals surface area contributed by atoms with E-state index in [9.17, 15) is 9.59 Å². The average molecular weight is 496 g/mol. The number of ether oxygens (including phenoxy) is 1. The van der Waals surface area contributed by atoms with Gasteiger partial charge in [-0.1, -0.05) is 57.9 Å². The maximum Gasteiger partial charge on any atom is 0.339 e. The fourth-order valence-electron chi connectivity index (χ4n) is 3.05. The maximum atomic E-state index is 12.8. The van der Waals surface area contributed by atoms with Crippen molar-refractivity contribution in [1.29, 1.82) is 0 Å². The minimum atomic E-state index is -0.597. The van der Waals surface area contributed by atoms with Gasteiger partial charge in [-0.05, 0) is 48.5 Å². The van der Waals surface area contributed by atoms with Crippen molar-refractivity contribution in [2.75, 3.05) is 11.9 Å². The third-order valence-corrected chi connectivity index (χ3v) is 5.32. The van der Waals surface area contributed by atoms with Crippen LogP contribution in [0, 0.1) is 0 Å². The summed E-state index contributed by atoms with van der Waals surface area (Å²) in [5, 5.41) is 3.96. The van der Waals surface area contributed by atoms with Gasteiger partial charge in [0.05, 0.1) is 16.8 Å². The Kier molecular flexibility index (Phi) is 6.30. The largest absolute Gasteiger partial charge is 0.452 e. The van der Waals surface area contributed by atoms with Crippen LogP contribution in [0.25, 0.3) is 22.2 Å². The molecule has 1 N–H and O–H groups in total. The van der Waals surface area contributed by atoms with Crippen LogP contribution in [-0.2, 0) is 9.53 Å². The highest BCUT2D eigenvalue weighted by atomic mass is 79.9. The number of anilines is 1. The van der Waals surface area contributed by atoms with Gasteiger partial charge in [0, 0.05) is 26.1 Å². The molecule has 31 heavy (non-hydrogen) atoms. The fourth-order valence-corrected chi connectivity index (χ4v) is 3.44. The van der Waals surface area contributed by atoms with E-state index < -0.39 is 18.5 Å². The standard InChI is InChI=1S/C24H16BrClN2O3/c25-16-7-11-18(12-8-16)27-23(29)14-31-24(30)20-13-22(15-5-9-17(26)10-6-15)28-21-4-2-1-3-19(20)21/h1-13H,14H2,(H,27,29). The molecule has 0 saturated carbocycles. The first-order chi connectivity index (χ1) is 15.0. The molecule has 4 aromatic rings. The molecule has 3 aromatic carbocycles. The molecule has 4 rings (SSSR count). The summed E-state index contributed by atoms with van der Waals surface area (Å²) in [7, 11) is 0. The van der Waals surface area contributed by atoms with E-state index in [1.165, 1.54) is 0 Å². The molecule has 154 valence electrons. The van der Waals surface area contributed by atoms with Crippen LogP contribution in [0.2, 0.25) is 5.02 Å². The number of pyridine rings is 1. The number of esters is 1. The molecule has 0 atom stereocenters. The van der Waals surface area contributed by atoms with Gasteiger partial charge >= 0.3 is 5.97 Å². The Balaban J connectivity index is 1.55. The molecule has 0 aliphatic carbocycles. The predicted molar refractivity (Wildman–Crippen MR) is 125 cm³/mol. The SMILES string of the molecule is O=C(COC(=O)c1cc(-c2ccc(Cl)cc2)nc2ccccc12)Nc1ccc(Br)cc1. The zero-order valence-electron chi connectivity index (χ0n) is 16.1. The van der Waals surface area contributed by atoms with Gasteiger partial charge in [-0.15, -0.1) is 0 Å². The summed E-state index contributed by atoms with van der Waals surface area (Å²) in [4.78, 5) is 29.7. The number of hydrogen-bond donors (Lipinski definition) is 1. The van der Waals surface area contributed by atoms with Gasteiger partial charge < -0.3 is 10.1 Å². The number of para-hydroxylation sites is 1. The van der Waals surface area contributed by atoms with E-state index in [-0.39, 0.29) is 0 Å². The Morgan fingerprint density at radius 1 is 0.968 bits per heavy atom. The molecule has 0 fully saturated rings. The maximum absolute atomic E-state index is 12.8. The number of amides is 1. The summed E-state index contributed by atoms with van der Waals surface area (Å²) in [5.74, 6) is -1.02. The monoisotopic (exact) mass is 494 g/mol. The number of nitrogens with zero attached hydrogens (tertiary/aromatic N) is 1. The third-order valence-electron chi connectivity index (χ3n) is 4.54. The summed E-state index contributed by atoms with van der Waals surface area (Å²) in [6, 6.07) is 23.3. The number of aromatic nitrogens is 1. The second kappa shape index (κ2) is 9.29. The van der Waals surface area contributed by atoms with Crippen LogP contribution in [-0.4, -0.2) is 23.5 Å². The highest BCUT2D eigenvalue weighted by Gasteiger charge is 2.16. The Hall–Kier alpha value is -3.22. The van der Waals surface area contributed by atoms with Crippen LogP contribution in [0.3, 0.4) is 0 Å². The number of carbonyl (C=O) groups excluding carboxylic acids is 2. The first kappa shape index (κ1) is 21.0. The van der Waals surface area contributed by atoms with Crippen molar-refractivity contribution in [1.82, 2.24) is 4.98 Å². The van der Waals surface area contributed by atoms with Crippen molar-refractivity contribution >= 4 is 56.0 Å². The zero-order chi connectivity index (χ0) is 21.8. The van der Waals surface area contributed by atoms with Crippen molar-refractivity contribution in [2.45, 2.75) is 0 Å². The zero-order valence-corrected chi connectivity index (χ0v) is 18.5. The molecule has 7 heteroatoms. The lowest BCUT2D eigenvalue weighted by atomic mass is 10.0. The van der Waals surface area contributed by atoms with E-state index in [1.54, 1.807) is 36.4 Å². The van der Waals surface area contributed by atoms with Gasteiger partial charge in [0.15, 0.2) is 6.61 Å². The molecular weight excluding hydrogens is 480 g/mol. The lowest BCUT2D eigenvalue weighted by molar-refractivity contribution is -0.119. The molecule has 1 aromatic heterocycles. The molecule has 1 amide bonds. The van der Waals surface area contributed by atoms with E-state index in [1.807, 2.05) is 42.5 Å². The van der Waals surface area contributed by atoms with E-state index in [0.717, 1.165) is 10.0 Å². The van der Waals surface area contributed by atoms with Gasteiger partial charge in [-0.3, -0.25) is 4.79 Å². The van der Waals surface area contributed by atoms with Crippen LogP contribution >= 0.6 is 27.5 Å². The summed E-state index contributed by atoms with van der Waals surface area (Å²) < 4.78 is 6.20. The van der Waals surface area contributed by atoms with E-state index in [4.69, 9.17) is 16.3 Å². The molecule has 0 aliphatic heterocycles. The number of carbonyl (C=O) groups is 2. The fraction of sp³-hybridized carbons (Fsp3) is 0.0417. The molecule has 0 bridgehead atoms. The minimum absolute atomic E-state index is 0.340. The lowest BCUT2D eigenvalue weighted by Gasteiger charge is -2.10. The molecule has 0 aliphatic rings. The lowest BCUT2D eigenvalue weighted by Crippen LogP contribution is -2.21. The predicted octanol–water partition coefficient (Wildman–Crippen LogP) is 6.11. The number of halogens is 2. The second-order valence-electron chi connectivity index (χ2n) is 6.71. The van der Waals surface area contributed by atoms with E-state index in [2.05, 4.69) is 26.2 Å². The Morgan fingerprint density at radius 3 is 2.42 bits per heavy atom. The molecule has 5 nitrogen and oxygen atoms in total. The number of rotatable bonds is 5. The summed E-state index contributed by atoms with van der Waals surface area (Å²) in [5.41, 5.74) is 3.04. The van der Waals surface area contributed by atoms with Crippen LogP contribution in [0.5, 0.6) is 0 Å². The normalized spacial score (nSPS) is 10.6. The smallest absolute Gasteiger partial charge is 0.339 e. The first-order valence-corrected chi connectivity index (χ1v) is 10.5. The van der Waals surface area contributed by atoms with Crippen LogP contribution in [0.15, 0.2) is 83.3 Å². The van der Waals surface area contributed by atoms with Crippen molar-refractivity contribution < 1.29 is 14.3 Å². The van der Waals surface area contributed by atoms with Crippen LogP contribution in [0.1, 0.15) is 10.4 Å². The molecule has 0 spiro atoms. The average Bonchev–Trinajstić information content (AvgIpc) is 2.79. The molecule has 0 saturated heterocycles.